The van der Waals surface area contributed by atoms with Crippen molar-refractivity contribution in [1.29, 1.82) is 0 Å². The van der Waals surface area contributed by atoms with E-state index in [1.807, 2.05) is 0 Å². The van der Waals surface area contributed by atoms with Crippen LogP contribution < -0.4 is 0 Å². The van der Waals surface area contributed by atoms with Gasteiger partial charge in [0.2, 0.25) is 0 Å². The van der Waals surface area contributed by atoms with Gasteiger partial charge in [-0.1, -0.05) is 34.6 Å². The Bertz CT molecular complexity index is 144. The van der Waals surface area contributed by atoms with Gasteiger partial charge in [-0.05, 0) is 42.4 Å². The third-order valence-corrected chi connectivity index (χ3v) is 3.42. The van der Waals surface area contributed by atoms with Gasteiger partial charge in [-0.2, -0.15) is 0 Å². The van der Waals surface area contributed by atoms with Gasteiger partial charge in [0.25, 0.3) is 0 Å². The first-order valence-corrected chi connectivity index (χ1v) is 5.42. The average molecular weight is 168 g/mol. The molecule has 0 aromatic rings. The first-order chi connectivity index (χ1) is 5.42. The molecule has 0 aromatic heterocycles. The summed E-state index contributed by atoms with van der Waals surface area (Å²) in [6.45, 7) is 12.0. The van der Waals surface area contributed by atoms with Crippen LogP contribution in [0.3, 0.4) is 0 Å². The van der Waals surface area contributed by atoms with Gasteiger partial charge in [0.05, 0.1) is 0 Å². The van der Waals surface area contributed by atoms with E-state index in [9.17, 15) is 0 Å². The third kappa shape index (κ3) is 2.24. The maximum atomic E-state index is 2.45. The summed E-state index contributed by atoms with van der Waals surface area (Å²) in [5.74, 6) is 2.82. The SMILES string of the molecule is CC(C)CC1CC(C)CC1(C)C. The topological polar surface area (TPSA) is 0 Å². The minimum atomic E-state index is 0.615. The van der Waals surface area contributed by atoms with Gasteiger partial charge in [0.15, 0.2) is 0 Å². The Labute approximate surface area is 77.7 Å². The van der Waals surface area contributed by atoms with Crippen molar-refractivity contribution in [2.75, 3.05) is 0 Å². The Morgan fingerprint density at radius 2 is 1.92 bits per heavy atom. The van der Waals surface area contributed by atoms with Crippen molar-refractivity contribution in [2.24, 2.45) is 23.2 Å². The van der Waals surface area contributed by atoms with Crippen LogP contribution in [0.1, 0.15) is 53.9 Å². The Morgan fingerprint density at radius 1 is 1.33 bits per heavy atom. The molecule has 1 aliphatic carbocycles. The number of hydrogen-bond donors (Lipinski definition) is 0. The summed E-state index contributed by atoms with van der Waals surface area (Å²) in [7, 11) is 0. The minimum Gasteiger partial charge on any atom is -0.0628 e. The molecule has 12 heavy (non-hydrogen) atoms. The van der Waals surface area contributed by atoms with Gasteiger partial charge in [0.1, 0.15) is 0 Å². The monoisotopic (exact) mass is 168 g/mol. The Balaban J connectivity index is 2.53. The van der Waals surface area contributed by atoms with Crippen molar-refractivity contribution in [2.45, 2.75) is 53.9 Å². The number of rotatable bonds is 2. The van der Waals surface area contributed by atoms with Crippen molar-refractivity contribution >= 4 is 0 Å². The molecule has 1 rings (SSSR count). The Kier molecular flexibility index (Phi) is 2.85. The van der Waals surface area contributed by atoms with E-state index in [0.29, 0.717) is 5.41 Å². The fraction of sp³-hybridized carbons (Fsp3) is 1.00. The summed E-state index contributed by atoms with van der Waals surface area (Å²) >= 11 is 0. The quantitative estimate of drug-likeness (QED) is 0.582. The van der Waals surface area contributed by atoms with E-state index < -0.39 is 0 Å². The van der Waals surface area contributed by atoms with Crippen LogP contribution in [0.2, 0.25) is 0 Å². The van der Waals surface area contributed by atoms with Crippen LogP contribution in [0.25, 0.3) is 0 Å². The van der Waals surface area contributed by atoms with E-state index in [1.54, 1.807) is 0 Å². The molecule has 0 heterocycles. The second-order valence-electron chi connectivity index (χ2n) is 5.86. The molecule has 0 nitrogen and oxygen atoms in total. The first kappa shape index (κ1) is 10.1. The molecule has 0 amide bonds. The van der Waals surface area contributed by atoms with Crippen LogP contribution in [0.4, 0.5) is 0 Å². The summed E-state index contributed by atoms with van der Waals surface area (Å²) in [6.07, 6.45) is 4.33. The minimum absolute atomic E-state index is 0.615. The highest BCUT2D eigenvalue weighted by atomic mass is 14.4. The van der Waals surface area contributed by atoms with E-state index in [2.05, 4.69) is 34.6 Å². The van der Waals surface area contributed by atoms with Crippen molar-refractivity contribution < 1.29 is 0 Å². The highest BCUT2D eigenvalue weighted by Crippen LogP contribution is 2.48. The van der Waals surface area contributed by atoms with Crippen molar-refractivity contribution in [3.63, 3.8) is 0 Å². The summed E-state index contributed by atoms with van der Waals surface area (Å²) in [5.41, 5.74) is 0.615. The van der Waals surface area contributed by atoms with Gasteiger partial charge in [-0.3, -0.25) is 0 Å². The van der Waals surface area contributed by atoms with Crippen LogP contribution in [0, 0.1) is 23.2 Å². The van der Waals surface area contributed by atoms with Crippen LogP contribution in [0.5, 0.6) is 0 Å². The van der Waals surface area contributed by atoms with Crippen LogP contribution in [-0.2, 0) is 0 Å². The largest absolute Gasteiger partial charge is 0.0628 e. The molecule has 1 fully saturated rings. The number of hydrogen-bond acceptors (Lipinski definition) is 0. The predicted molar refractivity (Wildman–Crippen MR) is 55.1 cm³/mol. The molecule has 0 aliphatic heterocycles. The van der Waals surface area contributed by atoms with E-state index in [1.165, 1.54) is 19.3 Å². The predicted octanol–water partition coefficient (Wildman–Crippen LogP) is 4.10. The molecular weight excluding hydrogens is 144 g/mol. The Hall–Kier alpha value is 0. The summed E-state index contributed by atoms with van der Waals surface area (Å²) in [6, 6.07) is 0. The third-order valence-electron chi connectivity index (χ3n) is 3.42. The average Bonchev–Trinajstić information content (AvgIpc) is 2.04. The van der Waals surface area contributed by atoms with E-state index in [0.717, 1.165) is 17.8 Å². The molecular formula is C12H24. The maximum Gasteiger partial charge on any atom is -0.0323 e. The van der Waals surface area contributed by atoms with Gasteiger partial charge >= 0.3 is 0 Å². The Morgan fingerprint density at radius 3 is 2.25 bits per heavy atom. The molecule has 0 N–H and O–H groups in total. The van der Waals surface area contributed by atoms with Crippen LogP contribution >= 0.6 is 0 Å². The fourth-order valence-electron chi connectivity index (χ4n) is 2.94. The first-order valence-electron chi connectivity index (χ1n) is 5.42. The van der Waals surface area contributed by atoms with Gasteiger partial charge in [0, 0.05) is 0 Å². The fourth-order valence-corrected chi connectivity index (χ4v) is 2.94. The molecule has 2 atom stereocenters. The molecule has 0 saturated heterocycles. The standard InChI is InChI=1S/C12H24/c1-9(2)6-11-7-10(3)8-12(11,4)5/h9-11H,6-8H2,1-5H3. The van der Waals surface area contributed by atoms with E-state index >= 15 is 0 Å². The summed E-state index contributed by atoms with van der Waals surface area (Å²) < 4.78 is 0. The highest BCUT2D eigenvalue weighted by Gasteiger charge is 2.38. The second-order valence-corrected chi connectivity index (χ2v) is 5.86. The molecule has 2 unspecified atom stereocenters. The smallest absolute Gasteiger partial charge is 0.0323 e. The van der Waals surface area contributed by atoms with Crippen LogP contribution in [-0.4, -0.2) is 0 Å². The van der Waals surface area contributed by atoms with E-state index in [-0.39, 0.29) is 0 Å². The summed E-state index contributed by atoms with van der Waals surface area (Å²) in [5, 5.41) is 0. The van der Waals surface area contributed by atoms with Gasteiger partial charge in [-0.25, -0.2) is 0 Å². The second kappa shape index (κ2) is 3.40. The molecule has 0 radical (unpaired) electrons. The zero-order chi connectivity index (χ0) is 9.35. The van der Waals surface area contributed by atoms with Gasteiger partial charge in [-0.15, -0.1) is 0 Å². The molecule has 0 spiro atoms. The molecule has 1 saturated carbocycles. The zero-order valence-corrected chi connectivity index (χ0v) is 9.35. The normalized spacial score (nSPS) is 34.5. The highest BCUT2D eigenvalue weighted by molar-refractivity contribution is 4.88. The lowest BCUT2D eigenvalue weighted by molar-refractivity contribution is 0.223. The van der Waals surface area contributed by atoms with Crippen molar-refractivity contribution in [3.8, 4) is 0 Å². The van der Waals surface area contributed by atoms with Gasteiger partial charge < -0.3 is 0 Å². The molecule has 0 bridgehead atoms. The maximum absolute atomic E-state index is 2.45. The van der Waals surface area contributed by atoms with E-state index in [4.69, 9.17) is 0 Å². The van der Waals surface area contributed by atoms with Crippen LogP contribution in [0.15, 0.2) is 0 Å². The van der Waals surface area contributed by atoms with Crippen molar-refractivity contribution in [3.05, 3.63) is 0 Å². The lowest BCUT2D eigenvalue weighted by Gasteiger charge is -2.28. The lowest BCUT2D eigenvalue weighted by atomic mass is 9.78. The lowest BCUT2D eigenvalue weighted by Crippen LogP contribution is -2.18. The molecule has 72 valence electrons. The molecule has 0 aromatic carbocycles. The summed E-state index contributed by atoms with van der Waals surface area (Å²) in [4.78, 5) is 0. The molecule has 1 aliphatic rings. The van der Waals surface area contributed by atoms with Crippen molar-refractivity contribution in [1.82, 2.24) is 0 Å². The zero-order valence-electron chi connectivity index (χ0n) is 9.35. The molecule has 0 heteroatoms.